The number of benzene rings is 3. The first-order chi connectivity index (χ1) is 14.2. The molecule has 0 saturated carbocycles. The van der Waals surface area contributed by atoms with Gasteiger partial charge in [-0.3, -0.25) is 4.90 Å². The van der Waals surface area contributed by atoms with Crippen LogP contribution in [0.2, 0.25) is 0 Å². The quantitative estimate of drug-likeness (QED) is 0.418. The number of carboxylic acids is 1. The molecule has 3 rings (SSSR count). The number of hydrogen-bond donors (Lipinski definition) is 1. The van der Waals surface area contributed by atoms with E-state index in [9.17, 15) is 4.79 Å². The van der Waals surface area contributed by atoms with E-state index >= 15 is 0 Å². The molecule has 0 aliphatic carbocycles. The van der Waals surface area contributed by atoms with E-state index in [1.807, 2.05) is 12.1 Å². The first-order valence-corrected chi connectivity index (χ1v) is 10.3. The predicted octanol–water partition coefficient (Wildman–Crippen LogP) is 6.24. The molecule has 0 spiro atoms. The van der Waals surface area contributed by atoms with Gasteiger partial charge in [0, 0.05) is 13.1 Å². The molecule has 3 aromatic rings. The Kier molecular flexibility index (Phi) is 7.60. The van der Waals surface area contributed by atoms with Gasteiger partial charge in [0.1, 0.15) is 0 Å². The third kappa shape index (κ3) is 6.30. The van der Waals surface area contributed by atoms with Crippen LogP contribution >= 0.6 is 0 Å². The number of nitrogens with zero attached hydrogens (tertiary/aromatic N) is 1. The average molecular weight is 388 g/mol. The summed E-state index contributed by atoms with van der Waals surface area (Å²) in [7, 11) is 0. The fourth-order valence-corrected chi connectivity index (χ4v) is 3.51. The summed E-state index contributed by atoms with van der Waals surface area (Å²) in [6, 6.07) is 26.3. The van der Waals surface area contributed by atoms with E-state index < -0.39 is 5.97 Å². The van der Waals surface area contributed by atoms with Gasteiger partial charge < -0.3 is 5.11 Å². The minimum absolute atomic E-state index is 0.314. The Hall–Kier alpha value is -2.91. The summed E-state index contributed by atoms with van der Waals surface area (Å²) < 4.78 is 0. The van der Waals surface area contributed by atoms with Crippen LogP contribution in [0.4, 0.5) is 0 Å². The Morgan fingerprint density at radius 1 is 0.759 bits per heavy atom. The lowest BCUT2D eigenvalue weighted by Crippen LogP contribution is -2.24. The molecule has 0 unspecified atom stereocenters. The molecule has 0 aliphatic heterocycles. The van der Waals surface area contributed by atoms with Crippen molar-refractivity contribution in [3.63, 3.8) is 0 Å². The van der Waals surface area contributed by atoms with Gasteiger partial charge in [0.2, 0.25) is 0 Å². The van der Waals surface area contributed by atoms with Crippen molar-refractivity contribution in [3.05, 3.63) is 95.6 Å². The van der Waals surface area contributed by atoms with E-state index in [0.29, 0.717) is 5.56 Å². The SMILES string of the molecule is CCCCCN(Cc1ccccc1)Cc1ccc(-c2ccc(C(=O)O)cc2)cc1. The maximum atomic E-state index is 11.0. The van der Waals surface area contributed by atoms with Crippen LogP contribution in [-0.4, -0.2) is 22.5 Å². The zero-order valence-electron chi connectivity index (χ0n) is 17.1. The highest BCUT2D eigenvalue weighted by Crippen LogP contribution is 2.21. The van der Waals surface area contributed by atoms with Gasteiger partial charge in [-0.2, -0.15) is 0 Å². The van der Waals surface area contributed by atoms with Gasteiger partial charge in [-0.05, 0) is 47.4 Å². The largest absolute Gasteiger partial charge is 0.478 e. The van der Waals surface area contributed by atoms with Crippen LogP contribution in [0, 0.1) is 0 Å². The number of unbranched alkanes of at least 4 members (excludes halogenated alkanes) is 2. The molecule has 3 heteroatoms. The molecular weight excluding hydrogens is 358 g/mol. The average Bonchev–Trinajstić information content (AvgIpc) is 2.75. The Morgan fingerprint density at radius 2 is 1.31 bits per heavy atom. The third-order valence-corrected chi connectivity index (χ3v) is 5.15. The Bertz CT molecular complexity index is 886. The normalized spacial score (nSPS) is 11.0. The smallest absolute Gasteiger partial charge is 0.335 e. The van der Waals surface area contributed by atoms with Gasteiger partial charge in [-0.15, -0.1) is 0 Å². The van der Waals surface area contributed by atoms with Gasteiger partial charge in [-0.1, -0.05) is 86.5 Å². The lowest BCUT2D eigenvalue weighted by atomic mass is 10.0. The molecule has 0 radical (unpaired) electrons. The lowest BCUT2D eigenvalue weighted by molar-refractivity contribution is 0.0697. The van der Waals surface area contributed by atoms with Crippen LogP contribution in [0.3, 0.4) is 0 Å². The monoisotopic (exact) mass is 387 g/mol. The standard InChI is InChI=1S/C26H29NO2/c1-2-3-7-18-27(19-21-8-5-4-6-9-21)20-22-10-12-23(13-11-22)24-14-16-25(17-15-24)26(28)29/h4-6,8-17H,2-3,7,18-20H2,1H3,(H,28,29). The van der Waals surface area contributed by atoms with Crippen LogP contribution in [0.1, 0.15) is 47.7 Å². The molecule has 29 heavy (non-hydrogen) atoms. The molecule has 0 fully saturated rings. The van der Waals surface area contributed by atoms with Crippen LogP contribution in [-0.2, 0) is 13.1 Å². The van der Waals surface area contributed by atoms with Crippen molar-refractivity contribution in [1.29, 1.82) is 0 Å². The van der Waals surface area contributed by atoms with Gasteiger partial charge in [0.05, 0.1) is 5.56 Å². The summed E-state index contributed by atoms with van der Waals surface area (Å²) in [6.07, 6.45) is 3.71. The molecule has 0 saturated heterocycles. The number of rotatable bonds is 10. The van der Waals surface area contributed by atoms with Gasteiger partial charge in [0.15, 0.2) is 0 Å². The van der Waals surface area contributed by atoms with Crippen molar-refractivity contribution in [2.24, 2.45) is 0 Å². The molecule has 0 atom stereocenters. The van der Waals surface area contributed by atoms with Crippen molar-refractivity contribution in [2.75, 3.05) is 6.54 Å². The second-order valence-corrected chi connectivity index (χ2v) is 7.48. The number of carbonyl (C=O) groups is 1. The zero-order valence-corrected chi connectivity index (χ0v) is 17.1. The first-order valence-electron chi connectivity index (χ1n) is 10.3. The van der Waals surface area contributed by atoms with E-state index in [4.69, 9.17) is 5.11 Å². The molecule has 1 N–H and O–H groups in total. The van der Waals surface area contributed by atoms with Crippen molar-refractivity contribution in [2.45, 2.75) is 39.3 Å². The minimum atomic E-state index is -0.895. The topological polar surface area (TPSA) is 40.5 Å². The fraction of sp³-hybridized carbons (Fsp3) is 0.269. The number of carboxylic acid groups (broad SMARTS) is 1. The summed E-state index contributed by atoms with van der Waals surface area (Å²) in [5.41, 5.74) is 5.09. The van der Waals surface area contributed by atoms with E-state index in [2.05, 4.69) is 66.4 Å². The number of hydrogen-bond acceptors (Lipinski definition) is 2. The molecule has 0 heterocycles. The summed E-state index contributed by atoms with van der Waals surface area (Å²) >= 11 is 0. The summed E-state index contributed by atoms with van der Waals surface area (Å²) in [5.74, 6) is -0.895. The van der Waals surface area contributed by atoms with Crippen molar-refractivity contribution < 1.29 is 9.90 Å². The first kappa shape index (κ1) is 20.8. The highest BCUT2D eigenvalue weighted by atomic mass is 16.4. The van der Waals surface area contributed by atoms with Gasteiger partial charge in [-0.25, -0.2) is 4.79 Å². The second-order valence-electron chi connectivity index (χ2n) is 7.48. The van der Waals surface area contributed by atoms with E-state index in [1.165, 1.54) is 30.4 Å². The molecule has 3 nitrogen and oxygen atoms in total. The molecule has 0 aromatic heterocycles. The summed E-state index contributed by atoms with van der Waals surface area (Å²) in [4.78, 5) is 13.5. The molecule has 0 bridgehead atoms. The molecule has 3 aromatic carbocycles. The van der Waals surface area contributed by atoms with Crippen LogP contribution < -0.4 is 0 Å². The molecule has 0 aliphatic rings. The van der Waals surface area contributed by atoms with Gasteiger partial charge in [0.25, 0.3) is 0 Å². The van der Waals surface area contributed by atoms with Gasteiger partial charge >= 0.3 is 5.97 Å². The Morgan fingerprint density at radius 3 is 1.86 bits per heavy atom. The minimum Gasteiger partial charge on any atom is -0.478 e. The van der Waals surface area contributed by atoms with Crippen molar-refractivity contribution in [3.8, 4) is 11.1 Å². The maximum Gasteiger partial charge on any atom is 0.335 e. The van der Waals surface area contributed by atoms with Crippen LogP contribution in [0.25, 0.3) is 11.1 Å². The van der Waals surface area contributed by atoms with Crippen LogP contribution in [0.15, 0.2) is 78.9 Å². The third-order valence-electron chi connectivity index (χ3n) is 5.15. The van der Waals surface area contributed by atoms with Crippen LogP contribution in [0.5, 0.6) is 0 Å². The van der Waals surface area contributed by atoms with E-state index in [0.717, 1.165) is 30.8 Å². The predicted molar refractivity (Wildman–Crippen MR) is 119 cm³/mol. The molecule has 0 amide bonds. The fourth-order valence-electron chi connectivity index (χ4n) is 3.51. The molecule has 150 valence electrons. The lowest BCUT2D eigenvalue weighted by Gasteiger charge is -2.23. The van der Waals surface area contributed by atoms with Crippen molar-refractivity contribution >= 4 is 5.97 Å². The Balaban J connectivity index is 1.68. The number of aromatic carboxylic acids is 1. The van der Waals surface area contributed by atoms with E-state index in [-0.39, 0.29) is 0 Å². The molecular formula is C26H29NO2. The van der Waals surface area contributed by atoms with E-state index in [1.54, 1.807) is 12.1 Å². The second kappa shape index (κ2) is 10.6. The highest BCUT2D eigenvalue weighted by Gasteiger charge is 2.08. The maximum absolute atomic E-state index is 11.0. The highest BCUT2D eigenvalue weighted by molar-refractivity contribution is 5.88. The summed E-state index contributed by atoms with van der Waals surface area (Å²) in [6.45, 7) is 5.23. The van der Waals surface area contributed by atoms with Crippen molar-refractivity contribution in [1.82, 2.24) is 4.90 Å². The Labute approximate surface area is 173 Å². The summed E-state index contributed by atoms with van der Waals surface area (Å²) in [5, 5.41) is 9.04. The zero-order chi connectivity index (χ0) is 20.5.